The number of carbonyl (C=O) groups excluding carboxylic acids is 1. The number of alkyl halides is 2. The Morgan fingerprint density at radius 1 is 1.06 bits per heavy atom. The predicted octanol–water partition coefficient (Wildman–Crippen LogP) is 6.01. The number of hydrogen-bond donors (Lipinski definition) is 0. The van der Waals surface area contributed by atoms with Crippen LogP contribution in [-0.2, 0) is 32.5 Å². The minimum atomic E-state index is -3.50. The first-order valence-electron chi connectivity index (χ1n) is 15.5. The Hall–Kier alpha value is -3.07. The average molecular weight is 729 g/mol. The number of sulfonamides is 1. The molecule has 1 aliphatic heterocycles. The van der Waals surface area contributed by atoms with Crippen molar-refractivity contribution in [2.45, 2.75) is 38.5 Å². The molecule has 1 aliphatic carbocycles. The molecule has 0 N–H and O–H groups in total. The first-order chi connectivity index (χ1) is 23.0. The second-order valence-corrected chi connectivity index (χ2v) is 14.6. The number of morpholine rings is 1. The molecule has 1 saturated heterocycles. The standard InChI is InChI=1S/C33H37Cl2F2N3O7S/c1-48(42,43)40(11-10-39-12-14-44-15-13-39)20-22-4-6-24(7-5-22)32(41)46-30(17-26-27(34)18-38-19-28(26)35)25-8-9-29(47-33(36)37)31(16-25)45-21-23-2-3-23/h4-9,16,18-19,23,30,33H,2-3,10-15,17,20-21H2,1H3/t30-/m0/s1. The van der Waals surface area contributed by atoms with Gasteiger partial charge in [0.05, 0.1) is 41.7 Å². The largest absolute Gasteiger partial charge is 0.489 e. The number of aromatic nitrogens is 1. The molecule has 3 aromatic rings. The van der Waals surface area contributed by atoms with Gasteiger partial charge in [-0.25, -0.2) is 13.2 Å². The molecular formula is C33H37Cl2F2N3O7S. The van der Waals surface area contributed by atoms with Crippen molar-refractivity contribution in [3.05, 3.63) is 87.2 Å². The Kier molecular flexibility index (Phi) is 12.5. The number of rotatable bonds is 16. The Morgan fingerprint density at radius 2 is 1.75 bits per heavy atom. The molecule has 0 unspecified atom stereocenters. The molecule has 10 nitrogen and oxygen atoms in total. The van der Waals surface area contributed by atoms with E-state index in [1.54, 1.807) is 24.3 Å². The zero-order valence-electron chi connectivity index (χ0n) is 26.3. The van der Waals surface area contributed by atoms with Gasteiger partial charge < -0.3 is 18.9 Å². The summed E-state index contributed by atoms with van der Waals surface area (Å²) >= 11 is 12.8. The maximum Gasteiger partial charge on any atom is 0.387 e. The van der Waals surface area contributed by atoms with Crippen molar-refractivity contribution in [1.29, 1.82) is 0 Å². The van der Waals surface area contributed by atoms with Crippen molar-refractivity contribution in [1.82, 2.24) is 14.2 Å². The minimum Gasteiger partial charge on any atom is -0.489 e. The maximum absolute atomic E-state index is 13.5. The van der Waals surface area contributed by atoms with Crippen LogP contribution in [0.5, 0.6) is 11.5 Å². The maximum atomic E-state index is 13.5. The summed E-state index contributed by atoms with van der Waals surface area (Å²) in [6, 6.07) is 10.9. The molecule has 5 rings (SSSR count). The zero-order chi connectivity index (χ0) is 34.3. The van der Waals surface area contributed by atoms with Gasteiger partial charge in [0.1, 0.15) is 6.10 Å². The van der Waals surface area contributed by atoms with Gasteiger partial charge in [0, 0.05) is 51.5 Å². The number of halogens is 4. The predicted molar refractivity (Wildman–Crippen MR) is 176 cm³/mol. The number of benzene rings is 2. The molecule has 0 radical (unpaired) electrons. The molecule has 0 amide bonds. The summed E-state index contributed by atoms with van der Waals surface area (Å²) in [6.07, 6.45) is 5.09. The second kappa shape index (κ2) is 16.6. The summed E-state index contributed by atoms with van der Waals surface area (Å²) in [5.74, 6) is -0.369. The highest BCUT2D eigenvalue weighted by Crippen LogP contribution is 2.38. The summed E-state index contributed by atoms with van der Waals surface area (Å²) in [6.45, 7) is 1.05. The minimum absolute atomic E-state index is 0.0492. The fourth-order valence-electron chi connectivity index (χ4n) is 5.16. The van der Waals surface area contributed by atoms with Gasteiger partial charge in [-0.15, -0.1) is 0 Å². The lowest BCUT2D eigenvalue weighted by Gasteiger charge is -2.29. The van der Waals surface area contributed by atoms with E-state index < -0.39 is 28.7 Å². The molecule has 48 heavy (non-hydrogen) atoms. The van der Waals surface area contributed by atoms with E-state index in [9.17, 15) is 22.0 Å². The van der Waals surface area contributed by atoms with Crippen LogP contribution in [0.1, 0.15) is 46.0 Å². The summed E-state index contributed by atoms with van der Waals surface area (Å²) in [7, 11) is -3.50. The highest BCUT2D eigenvalue weighted by Gasteiger charge is 2.26. The number of hydrogen-bond acceptors (Lipinski definition) is 9. The fraction of sp³-hybridized carbons (Fsp3) is 0.455. The van der Waals surface area contributed by atoms with Crippen molar-refractivity contribution in [2.75, 3.05) is 52.3 Å². The van der Waals surface area contributed by atoms with Crippen LogP contribution < -0.4 is 9.47 Å². The Balaban J connectivity index is 1.34. The molecular weight excluding hydrogens is 691 g/mol. The third-order valence-electron chi connectivity index (χ3n) is 8.11. The molecule has 0 bridgehead atoms. The number of carbonyl (C=O) groups is 1. The van der Waals surface area contributed by atoms with Gasteiger partial charge in [-0.05, 0) is 59.7 Å². The van der Waals surface area contributed by atoms with Gasteiger partial charge in [0.15, 0.2) is 11.5 Å². The van der Waals surface area contributed by atoms with Crippen LogP contribution in [0.2, 0.25) is 10.0 Å². The smallest absolute Gasteiger partial charge is 0.387 e. The number of esters is 1. The monoisotopic (exact) mass is 727 g/mol. The fourth-order valence-corrected chi connectivity index (χ4v) is 6.47. The molecule has 2 heterocycles. The van der Waals surface area contributed by atoms with Crippen LogP contribution in [0.15, 0.2) is 54.9 Å². The topological polar surface area (TPSA) is 108 Å². The normalized spacial score (nSPS) is 16.2. The zero-order valence-corrected chi connectivity index (χ0v) is 28.7. The molecule has 2 aromatic carbocycles. The van der Waals surface area contributed by atoms with Crippen LogP contribution >= 0.6 is 23.2 Å². The first kappa shape index (κ1) is 36.2. The van der Waals surface area contributed by atoms with E-state index in [1.165, 1.54) is 41.2 Å². The number of nitrogens with zero attached hydrogens (tertiary/aromatic N) is 3. The van der Waals surface area contributed by atoms with Gasteiger partial charge in [0.25, 0.3) is 0 Å². The molecule has 2 fully saturated rings. The van der Waals surface area contributed by atoms with Gasteiger partial charge in [-0.1, -0.05) is 41.4 Å². The van der Waals surface area contributed by atoms with Gasteiger partial charge >= 0.3 is 12.6 Å². The number of ether oxygens (including phenoxy) is 4. The van der Waals surface area contributed by atoms with Crippen LogP contribution in [0.25, 0.3) is 0 Å². The van der Waals surface area contributed by atoms with E-state index in [4.69, 9.17) is 37.4 Å². The molecule has 260 valence electrons. The number of pyridine rings is 1. The molecule has 1 atom stereocenters. The Labute approximate surface area is 288 Å². The van der Waals surface area contributed by atoms with Gasteiger partial charge in [-0.2, -0.15) is 13.1 Å². The van der Waals surface area contributed by atoms with Crippen molar-refractivity contribution < 1.29 is 40.9 Å². The van der Waals surface area contributed by atoms with Crippen molar-refractivity contribution >= 4 is 39.2 Å². The lowest BCUT2D eigenvalue weighted by Crippen LogP contribution is -2.42. The molecule has 15 heteroatoms. The third kappa shape index (κ3) is 10.5. The van der Waals surface area contributed by atoms with Crippen molar-refractivity contribution in [3.63, 3.8) is 0 Å². The van der Waals surface area contributed by atoms with E-state index in [0.29, 0.717) is 55.5 Å². The molecule has 2 aliphatic rings. The second-order valence-electron chi connectivity index (χ2n) is 11.8. The highest BCUT2D eigenvalue weighted by molar-refractivity contribution is 7.88. The quantitative estimate of drug-likeness (QED) is 0.164. The highest BCUT2D eigenvalue weighted by atomic mass is 35.5. The van der Waals surface area contributed by atoms with Crippen molar-refractivity contribution in [2.24, 2.45) is 5.92 Å². The van der Waals surface area contributed by atoms with E-state index in [-0.39, 0.29) is 40.1 Å². The van der Waals surface area contributed by atoms with Crippen LogP contribution in [0.4, 0.5) is 8.78 Å². The van der Waals surface area contributed by atoms with E-state index in [1.807, 2.05) is 0 Å². The molecule has 1 saturated carbocycles. The van der Waals surface area contributed by atoms with Gasteiger partial charge in [-0.3, -0.25) is 9.88 Å². The first-order valence-corrected chi connectivity index (χ1v) is 18.1. The Morgan fingerprint density at radius 3 is 2.38 bits per heavy atom. The molecule has 0 spiro atoms. The summed E-state index contributed by atoms with van der Waals surface area (Å²) in [5.41, 5.74) is 1.84. The van der Waals surface area contributed by atoms with E-state index in [0.717, 1.165) is 25.9 Å². The van der Waals surface area contributed by atoms with Gasteiger partial charge in [0.2, 0.25) is 10.0 Å². The summed E-state index contributed by atoms with van der Waals surface area (Å²) < 4.78 is 74.7. The van der Waals surface area contributed by atoms with Crippen LogP contribution in [0.3, 0.4) is 0 Å². The van der Waals surface area contributed by atoms with Crippen LogP contribution in [0, 0.1) is 5.92 Å². The third-order valence-corrected chi connectivity index (χ3v) is 10.0. The lowest BCUT2D eigenvalue weighted by atomic mass is 10.0. The van der Waals surface area contributed by atoms with E-state index >= 15 is 0 Å². The average Bonchev–Trinajstić information content (AvgIpc) is 3.88. The SMILES string of the molecule is CS(=O)(=O)N(CCN1CCOCC1)Cc1ccc(C(=O)O[C@@H](Cc2c(Cl)cncc2Cl)c2ccc(OC(F)F)c(OCC3CC3)c2)cc1. The lowest BCUT2D eigenvalue weighted by molar-refractivity contribution is -0.0515. The summed E-state index contributed by atoms with van der Waals surface area (Å²) in [5, 5.41) is 0.527. The Bertz CT molecular complexity index is 1640. The van der Waals surface area contributed by atoms with E-state index in [2.05, 4.69) is 14.6 Å². The van der Waals surface area contributed by atoms with Crippen LogP contribution in [-0.4, -0.2) is 87.4 Å². The molecule has 1 aromatic heterocycles. The van der Waals surface area contributed by atoms with Crippen molar-refractivity contribution in [3.8, 4) is 11.5 Å². The summed E-state index contributed by atoms with van der Waals surface area (Å²) in [4.78, 5) is 19.6.